The molecule has 0 aliphatic carbocycles. The fourth-order valence-electron chi connectivity index (χ4n) is 2.21. The van der Waals surface area contributed by atoms with Gasteiger partial charge in [0.05, 0.1) is 31.1 Å². The van der Waals surface area contributed by atoms with Crippen molar-refractivity contribution in [3.8, 4) is 0 Å². The van der Waals surface area contributed by atoms with Crippen LogP contribution in [0.3, 0.4) is 0 Å². The van der Waals surface area contributed by atoms with Crippen LogP contribution in [0.2, 0.25) is 0 Å². The van der Waals surface area contributed by atoms with E-state index in [2.05, 4.69) is 10.2 Å². The Morgan fingerprint density at radius 2 is 2.08 bits per heavy atom. The first kappa shape index (κ1) is 18.0. The van der Waals surface area contributed by atoms with Crippen molar-refractivity contribution in [1.82, 2.24) is 19.5 Å². The summed E-state index contributed by atoms with van der Waals surface area (Å²) >= 11 is 1.02. The van der Waals surface area contributed by atoms with Crippen molar-refractivity contribution < 1.29 is 27.4 Å². The van der Waals surface area contributed by atoms with Gasteiger partial charge in [0.1, 0.15) is 0 Å². The normalized spacial score (nSPS) is 15.8. The van der Waals surface area contributed by atoms with E-state index in [1.54, 1.807) is 7.05 Å². The van der Waals surface area contributed by atoms with Crippen LogP contribution in [-0.2, 0) is 20.4 Å². The Kier molecular flexibility index (Phi) is 5.16. The molecule has 136 valence electrons. The molecule has 25 heavy (non-hydrogen) atoms. The van der Waals surface area contributed by atoms with Crippen molar-refractivity contribution in [3.63, 3.8) is 0 Å². The van der Waals surface area contributed by atoms with Crippen LogP contribution in [0.4, 0.5) is 13.2 Å². The van der Waals surface area contributed by atoms with Crippen LogP contribution in [0.25, 0.3) is 5.65 Å². The summed E-state index contributed by atoms with van der Waals surface area (Å²) < 4.78 is 50.2. The fourth-order valence-corrected chi connectivity index (χ4v) is 3.07. The van der Waals surface area contributed by atoms with E-state index in [1.807, 2.05) is 0 Å². The number of aromatic nitrogens is 3. The lowest BCUT2D eigenvalue weighted by atomic mass is 10.3. The van der Waals surface area contributed by atoms with Gasteiger partial charge in [-0.05, 0) is 12.1 Å². The highest BCUT2D eigenvalue weighted by Crippen LogP contribution is 2.30. The molecule has 1 fully saturated rings. The lowest BCUT2D eigenvalue weighted by Crippen LogP contribution is -2.35. The van der Waals surface area contributed by atoms with Crippen molar-refractivity contribution in [2.24, 2.45) is 0 Å². The molecule has 7 nitrogen and oxygen atoms in total. The van der Waals surface area contributed by atoms with Gasteiger partial charge in [0.15, 0.2) is 17.1 Å². The zero-order valence-corrected chi connectivity index (χ0v) is 14.0. The lowest BCUT2D eigenvalue weighted by molar-refractivity contribution is -0.138. The molecule has 3 heterocycles. The SMILES string of the molecule is CN(CC1OCCO1)C(=O)CSc1nnc2ccc(C(F)(F)F)cn12. The minimum absolute atomic E-state index is 0.0141. The van der Waals surface area contributed by atoms with Crippen LogP contribution in [0.5, 0.6) is 0 Å². The molecule has 0 spiro atoms. The molecule has 0 atom stereocenters. The molecule has 0 aromatic carbocycles. The molecule has 0 bridgehead atoms. The average Bonchev–Trinajstić information content (AvgIpc) is 3.20. The third-order valence-electron chi connectivity index (χ3n) is 3.56. The Balaban J connectivity index is 1.65. The zero-order valence-electron chi connectivity index (χ0n) is 13.2. The van der Waals surface area contributed by atoms with Gasteiger partial charge in [-0.2, -0.15) is 13.2 Å². The van der Waals surface area contributed by atoms with Crippen LogP contribution in [0.1, 0.15) is 5.56 Å². The number of fused-ring (bicyclic) bond motifs is 1. The summed E-state index contributed by atoms with van der Waals surface area (Å²) in [7, 11) is 1.61. The Hall–Kier alpha value is -1.85. The first-order chi connectivity index (χ1) is 11.8. The summed E-state index contributed by atoms with van der Waals surface area (Å²) in [5.41, 5.74) is -0.523. The topological polar surface area (TPSA) is 69.0 Å². The summed E-state index contributed by atoms with van der Waals surface area (Å²) in [5, 5.41) is 7.87. The first-order valence-corrected chi connectivity index (χ1v) is 8.35. The molecule has 11 heteroatoms. The number of hydrogen-bond donors (Lipinski definition) is 0. The second kappa shape index (κ2) is 7.18. The Bertz CT molecular complexity index is 761. The number of pyridine rings is 1. The quantitative estimate of drug-likeness (QED) is 0.740. The van der Waals surface area contributed by atoms with E-state index in [4.69, 9.17) is 9.47 Å². The van der Waals surface area contributed by atoms with Crippen LogP contribution >= 0.6 is 11.8 Å². The second-order valence-electron chi connectivity index (χ2n) is 5.36. The molecule has 1 amide bonds. The van der Waals surface area contributed by atoms with Gasteiger partial charge in [-0.3, -0.25) is 9.20 Å². The summed E-state index contributed by atoms with van der Waals surface area (Å²) in [6, 6.07) is 2.18. The summed E-state index contributed by atoms with van der Waals surface area (Å²) in [6.45, 7) is 1.28. The maximum Gasteiger partial charge on any atom is 0.417 e. The highest BCUT2D eigenvalue weighted by Gasteiger charge is 2.31. The van der Waals surface area contributed by atoms with Crippen molar-refractivity contribution in [3.05, 3.63) is 23.9 Å². The van der Waals surface area contributed by atoms with Crippen molar-refractivity contribution >= 4 is 23.3 Å². The van der Waals surface area contributed by atoms with E-state index in [1.165, 1.54) is 15.4 Å². The minimum Gasteiger partial charge on any atom is -0.348 e. The van der Waals surface area contributed by atoms with Gasteiger partial charge in [-0.1, -0.05) is 11.8 Å². The van der Waals surface area contributed by atoms with Gasteiger partial charge < -0.3 is 14.4 Å². The molecule has 1 saturated heterocycles. The van der Waals surface area contributed by atoms with Gasteiger partial charge in [0, 0.05) is 13.2 Å². The van der Waals surface area contributed by atoms with Gasteiger partial charge in [-0.15, -0.1) is 10.2 Å². The average molecular weight is 376 g/mol. The summed E-state index contributed by atoms with van der Waals surface area (Å²) in [6.07, 6.45) is -3.98. The molecule has 2 aromatic rings. The molecule has 2 aromatic heterocycles. The number of amides is 1. The van der Waals surface area contributed by atoms with E-state index >= 15 is 0 Å². The molecule has 1 aliphatic rings. The lowest BCUT2D eigenvalue weighted by Gasteiger charge is -2.19. The third-order valence-corrected chi connectivity index (χ3v) is 4.49. The molecular formula is C14H15F3N4O3S. The van der Waals surface area contributed by atoms with Crippen molar-refractivity contribution in [1.29, 1.82) is 0 Å². The summed E-state index contributed by atoms with van der Waals surface area (Å²) in [4.78, 5) is 13.6. The Labute approximate surface area is 145 Å². The van der Waals surface area contributed by atoms with E-state index in [9.17, 15) is 18.0 Å². The first-order valence-electron chi connectivity index (χ1n) is 7.36. The minimum atomic E-state index is -4.46. The number of likely N-dealkylation sites (N-methyl/N-ethyl adjacent to an activating group) is 1. The number of nitrogens with zero attached hydrogens (tertiary/aromatic N) is 4. The monoisotopic (exact) mass is 376 g/mol. The summed E-state index contributed by atoms with van der Waals surface area (Å²) in [5.74, 6) is -0.201. The van der Waals surface area contributed by atoms with E-state index in [0.717, 1.165) is 24.0 Å². The number of carbonyl (C=O) groups is 1. The number of thioether (sulfide) groups is 1. The number of rotatable bonds is 5. The van der Waals surface area contributed by atoms with E-state index in [-0.39, 0.29) is 29.0 Å². The highest BCUT2D eigenvalue weighted by molar-refractivity contribution is 7.99. The zero-order chi connectivity index (χ0) is 18.0. The van der Waals surface area contributed by atoms with Gasteiger partial charge in [-0.25, -0.2) is 0 Å². The second-order valence-corrected chi connectivity index (χ2v) is 6.30. The predicted molar refractivity (Wildman–Crippen MR) is 82.0 cm³/mol. The Morgan fingerprint density at radius 3 is 2.76 bits per heavy atom. The maximum absolute atomic E-state index is 12.8. The third kappa shape index (κ3) is 4.22. The van der Waals surface area contributed by atoms with Crippen LogP contribution < -0.4 is 0 Å². The number of halogens is 3. The standard InChI is InChI=1S/C14H15F3N4O3S/c1-20(7-12-23-4-5-24-12)11(22)8-25-13-19-18-10-3-2-9(6-21(10)13)14(15,16)17/h2-3,6,12H,4-5,7-8H2,1H3. The van der Waals surface area contributed by atoms with Gasteiger partial charge in [0.25, 0.3) is 0 Å². The number of carbonyl (C=O) groups excluding carboxylic acids is 1. The fraction of sp³-hybridized carbons (Fsp3) is 0.500. The number of hydrogen-bond acceptors (Lipinski definition) is 6. The van der Waals surface area contributed by atoms with Crippen LogP contribution in [0, 0.1) is 0 Å². The smallest absolute Gasteiger partial charge is 0.348 e. The van der Waals surface area contributed by atoms with Crippen molar-refractivity contribution in [2.45, 2.75) is 17.6 Å². The molecule has 3 rings (SSSR count). The molecule has 0 radical (unpaired) electrons. The number of ether oxygens (including phenoxy) is 2. The molecular weight excluding hydrogens is 361 g/mol. The van der Waals surface area contributed by atoms with E-state index in [0.29, 0.717) is 13.2 Å². The van der Waals surface area contributed by atoms with Crippen LogP contribution in [0.15, 0.2) is 23.5 Å². The number of alkyl halides is 3. The van der Waals surface area contributed by atoms with Gasteiger partial charge in [0.2, 0.25) is 5.91 Å². The van der Waals surface area contributed by atoms with Gasteiger partial charge >= 0.3 is 6.18 Å². The largest absolute Gasteiger partial charge is 0.417 e. The predicted octanol–water partition coefficient (Wildman–Crippen LogP) is 1.67. The van der Waals surface area contributed by atoms with Crippen LogP contribution in [-0.4, -0.2) is 64.3 Å². The molecule has 0 unspecified atom stereocenters. The van der Waals surface area contributed by atoms with Crippen molar-refractivity contribution in [2.75, 3.05) is 32.6 Å². The molecule has 0 saturated carbocycles. The molecule has 1 aliphatic heterocycles. The Morgan fingerprint density at radius 1 is 1.36 bits per heavy atom. The highest BCUT2D eigenvalue weighted by atomic mass is 32.2. The maximum atomic E-state index is 12.8. The van der Waals surface area contributed by atoms with E-state index < -0.39 is 18.0 Å². The molecule has 0 N–H and O–H groups in total.